The molecule has 0 spiro atoms. The van der Waals surface area contributed by atoms with Crippen molar-refractivity contribution in [2.75, 3.05) is 39.3 Å². The molecule has 120 valence electrons. The summed E-state index contributed by atoms with van der Waals surface area (Å²) >= 11 is 0. The molecule has 0 heterocycles. The number of hydrogen-bond acceptors (Lipinski definition) is 3. The van der Waals surface area contributed by atoms with E-state index >= 15 is 0 Å². The summed E-state index contributed by atoms with van der Waals surface area (Å²) in [5.74, 6) is 0. The second kappa shape index (κ2) is 10.6. The molecule has 0 bridgehead atoms. The van der Waals surface area contributed by atoms with E-state index in [0.29, 0.717) is 0 Å². The Labute approximate surface area is 127 Å². The average Bonchev–Trinajstić information content (AvgIpc) is 2.94. The van der Waals surface area contributed by atoms with E-state index in [-0.39, 0.29) is 0 Å². The van der Waals surface area contributed by atoms with Crippen molar-refractivity contribution in [1.29, 1.82) is 0 Å². The lowest BCUT2D eigenvalue weighted by molar-refractivity contribution is 0.168. The predicted octanol–water partition coefficient (Wildman–Crippen LogP) is 2.96. The minimum absolute atomic E-state index is 0.739. The maximum absolute atomic E-state index is 3.77. The highest BCUT2D eigenvalue weighted by Gasteiger charge is 2.30. The Morgan fingerprint density at radius 1 is 0.950 bits per heavy atom. The second-order valence-electron chi connectivity index (χ2n) is 6.07. The molecule has 0 aromatic heterocycles. The lowest BCUT2D eigenvalue weighted by Crippen LogP contribution is -2.47. The van der Waals surface area contributed by atoms with Crippen LogP contribution in [0, 0.1) is 0 Å². The Hall–Kier alpha value is -0.120. The maximum Gasteiger partial charge on any atom is 0.0249 e. The molecule has 0 aromatic rings. The third-order valence-corrected chi connectivity index (χ3v) is 4.83. The molecule has 2 unspecified atom stereocenters. The average molecular weight is 284 g/mol. The van der Waals surface area contributed by atoms with Gasteiger partial charge in [0, 0.05) is 12.1 Å². The van der Waals surface area contributed by atoms with Crippen LogP contribution >= 0.6 is 0 Å². The van der Waals surface area contributed by atoms with Crippen LogP contribution in [0.15, 0.2) is 0 Å². The van der Waals surface area contributed by atoms with Crippen LogP contribution in [-0.2, 0) is 0 Å². The predicted molar refractivity (Wildman–Crippen MR) is 89.4 cm³/mol. The third kappa shape index (κ3) is 5.71. The molecule has 20 heavy (non-hydrogen) atoms. The topological polar surface area (TPSA) is 18.5 Å². The van der Waals surface area contributed by atoms with Gasteiger partial charge in [-0.3, -0.25) is 4.90 Å². The first-order valence-corrected chi connectivity index (χ1v) is 8.96. The maximum atomic E-state index is 3.77. The highest BCUT2D eigenvalue weighted by molar-refractivity contribution is 4.90. The zero-order valence-corrected chi connectivity index (χ0v) is 14.3. The molecule has 0 amide bonds. The van der Waals surface area contributed by atoms with Crippen LogP contribution < -0.4 is 5.32 Å². The van der Waals surface area contributed by atoms with Crippen LogP contribution in [0.1, 0.15) is 59.8 Å². The van der Waals surface area contributed by atoms with E-state index < -0.39 is 0 Å². The smallest absolute Gasteiger partial charge is 0.0249 e. The zero-order chi connectivity index (χ0) is 14.8. The van der Waals surface area contributed by atoms with Crippen molar-refractivity contribution >= 4 is 0 Å². The minimum atomic E-state index is 0.739. The summed E-state index contributed by atoms with van der Waals surface area (Å²) in [6, 6.07) is 1.52. The van der Waals surface area contributed by atoms with Crippen LogP contribution in [0.4, 0.5) is 0 Å². The first kappa shape index (κ1) is 17.9. The van der Waals surface area contributed by atoms with E-state index in [1.54, 1.807) is 0 Å². The molecular formula is C17H37N3. The van der Waals surface area contributed by atoms with Crippen molar-refractivity contribution in [2.45, 2.75) is 71.9 Å². The number of hydrogen-bond donors (Lipinski definition) is 1. The van der Waals surface area contributed by atoms with E-state index in [0.717, 1.165) is 12.1 Å². The van der Waals surface area contributed by atoms with Crippen LogP contribution in [0.25, 0.3) is 0 Å². The summed E-state index contributed by atoms with van der Waals surface area (Å²) in [7, 11) is 0. The minimum Gasteiger partial charge on any atom is -0.312 e. The SMILES string of the molecule is CCCNC1CCCC1N(CC)CCCN(CC)CC. The summed E-state index contributed by atoms with van der Waals surface area (Å²) in [5, 5.41) is 3.77. The van der Waals surface area contributed by atoms with Crippen LogP contribution in [0.3, 0.4) is 0 Å². The number of nitrogens with one attached hydrogen (secondary N) is 1. The molecule has 1 saturated carbocycles. The van der Waals surface area contributed by atoms with Crippen molar-refractivity contribution in [3.63, 3.8) is 0 Å². The monoisotopic (exact) mass is 283 g/mol. The molecule has 0 aromatic carbocycles. The Bertz CT molecular complexity index is 228. The van der Waals surface area contributed by atoms with Gasteiger partial charge in [-0.1, -0.05) is 34.1 Å². The standard InChI is InChI=1S/C17H37N3/c1-5-13-18-16-11-9-12-17(16)20(8-4)15-10-14-19(6-2)7-3/h16-18H,5-15H2,1-4H3. The largest absolute Gasteiger partial charge is 0.312 e. The van der Waals surface area contributed by atoms with Gasteiger partial charge in [-0.15, -0.1) is 0 Å². The second-order valence-corrected chi connectivity index (χ2v) is 6.07. The molecule has 3 heteroatoms. The van der Waals surface area contributed by atoms with E-state index in [2.05, 4.69) is 42.8 Å². The number of rotatable bonds is 11. The first-order chi connectivity index (χ1) is 9.76. The highest BCUT2D eigenvalue weighted by atomic mass is 15.2. The van der Waals surface area contributed by atoms with Crippen LogP contribution in [0.5, 0.6) is 0 Å². The molecule has 1 rings (SSSR count). The molecule has 0 aliphatic heterocycles. The molecule has 3 nitrogen and oxygen atoms in total. The van der Waals surface area contributed by atoms with Gasteiger partial charge < -0.3 is 10.2 Å². The van der Waals surface area contributed by atoms with E-state index in [4.69, 9.17) is 0 Å². The molecule has 0 saturated heterocycles. The molecule has 1 aliphatic rings. The Morgan fingerprint density at radius 2 is 1.70 bits per heavy atom. The number of likely N-dealkylation sites (N-methyl/N-ethyl adjacent to an activating group) is 1. The van der Waals surface area contributed by atoms with Gasteiger partial charge in [0.1, 0.15) is 0 Å². The van der Waals surface area contributed by atoms with Gasteiger partial charge in [-0.05, 0) is 65.0 Å². The summed E-state index contributed by atoms with van der Waals surface area (Å²) in [6.07, 6.45) is 6.72. The van der Waals surface area contributed by atoms with Crippen molar-refractivity contribution in [1.82, 2.24) is 15.1 Å². The molecule has 2 atom stereocenters. The molecule has 0 radical (unpaired) electrons. The molecule has 1 N–H and O–H groups in total. The fourth-order valence-electron chi connectivity index (χ4n) is 3.54. The van der Waals surface area contributed by atoms with Gasteiger partial charge in [-0.2, -0.15) is 0 Å². The van der Waals surface area contributed by atoms with Gasteiger partial charge in [0.15, 0.2) is 0 Å². The summed E-state index contributed by atoms with van der Waals surface area (Å²) in [5.41, 5.74) is 0. The van der Waals surface area contributed by atoms with Crippen molar-refractivity contribution in [3.05, 3.63) is 0 Å². The summed E-state index contributed by atoms with van der Waals surface area (Å²) in [4.78, 5) is 5.26. The normalized spacial score (nSPS) is 23.1. The molecule has 1 aliphatic carbocycles. The third-order valence-electron chi connectivity index (χ3n) is 4.83. The summed E-state index contributed by atoms with van der Waals surface area (Å²) in [6.45, 7) is 16.4. The fourth-order valence-corrected chi connectivity index (χ4v) is 3.54. The number of nitrogens with zero attached hydrogens (tertiary/aromatic N) is 2. The van der Waals surface area contributed by atoms with Gasteiger partial charge in [0.25, 0.3) is 0 Å². The zero-order valence-electron chi connectivity index (χ0n) is 14.3. The van der Waals surface area contributed by atoms with E-state index in [1.807, 2.05) is 0 Å². The van der Waals surface area contributed by atoms with Crippen molar-refractivity contribution < 1.29 is 0 Å². The Balaban J connectivity index is 2.36. The quantitative estimate of drug-likeness (QED) is 0.629. The van der Waals surface area contributed by atoms with E-state index in [9.17, 15) is 0 Å². The van der Waals surface area contributed by atoms with Gasteiger partial charge >= 0.3 is 0 Å². The van der Waals surface area contributed by atoms with Crippen LogP contribution in [0.2, 0.25) is 0 Å². The fraction of sp³-hybridized carbons (Fsp3) is 1.00. The summed E-state index contributed by atoms with van der Waals surface area (Å²) < 4.78 is 0. The molecule has 1 fully saturated rings. The molecular weight excluding hydrogens is 246 g/mol. The van der Waals surface area contributed by atoms with Gasteiger partial charge in [-0.25, -0.2) is 0 Å². The van der Waals surface area contributed by atoms with Crippen molar-refractivity contribution in [3.8, 4) is 0 Å². The van der Waals surface area contributed by atoms with Gasteiger partial charge in [0.05, 0.1) is 0 Å². The lowest BCUT2D eigenvalue weighted by atomic mass is 10.1. The van der Waals surface area contributed by atoms with Crippen molar-refractivity contribution in [2.24, 2.45) is 0 Å². The van der Waals surface area contributed by atoms with Crippen LogP contribution in [-0.4, -0.2) is 61.2 Å². The lowest BCUT2D eigenvalue weighted by Gasteiger charge is -2.33. The van der Waals surface area contributed by atoms with E-state index in [1.165, 1.54) is 71.4 Å². The highest BCUT2D eigenvalue weighted by Crippen LogP contribution is 2.24. The first-order valence-electron chi connectivity index (χ1n) is 8.96. The Morgan fingerprint density at radius 3 is 2.30 bits per heavy atom. The van der Waals surface area contributed by atoms with Gasteiger partial charge in [0.2, 0.25) is 0 Å². The Kier molecular flexibility index (Phi) is 9.49.